The van der Waals surface area contributed by atoms with Gasteiger partial charge >= 0.3 is 0 Å². The summed E-state index contributed by atoms with van der Waals surface area (Å²) in [7, 11) is 1.55. The van der Waals surface area contributed by atoms with Crippen LogP contribution in [0.3, 0.4) is 0 Å². The average molecular weight is 416 g/mol. The number of ether oxygens (including phenoxy) is 2. The zero-order chi connectivity index (χ0) is 20.1. The number of nitrogens with one attached hydrogen (secondary N) is 1. The van der Waals surface area contributed by atoms with Crippen LogP contribution in [0.15, 0.2) is 47.3 Å². The summed E-state index contributed by atoms with van der Waals surface area (Å²) in [6, 6.07) is 12.1. The van der Waals surface area contributed by atoms with E-state index in [1.165, 1.54) is 17.4 Å². The largest absolute Gasteiger partial charge is 0.492 e. The van der Waals surface area contributed by atoms with Crippen LogP contribution < -0.4 is 24.2 Å². The second kappa shape index (κ2) is 8.91. The van der Waals surface area contributed by atoms with Gasteiger partial charge in [-0.2, -0.15) is 0 Å². The third-order valence-electron chi connectivity index (χ3n) is 3.87. The number of H-pyrrole nitrogens is 1. The first kappa shape index (κ1) is 19.9. The Morgan fingerprint density at radius 2 is 1.96 bits per heavy atom. The molecular weight excluding hydrogens is 398 g/mol. The van der Waals surface area contributed by atoms with Crippen LogP contribution >= 0.6 is 22.9 Å². The number of aromatic nitrogens is 1. The predicted octanol–water partition coefficient (Wildman–Crippen LogP) is 2.99. The van der Waals surface area contributed by atoms with Gasteiger partial charge in [-0.05, 0) is 43.3 Å². The number of Topliss-reactive ketones (excluding diaryl/α,β-unsaturated/α-hetero) is 1. The van der Waals surface area contributed by atoms with E-state index in [1.54, 1.807) is 37.5 Å². The monoisotopic (exact) mass is 415 g/mol. The molecule has 0 aliphatic carbocycles. The zero-order valence-electron chi connectivity index (χ0n) is 15.3. The lowest BCUT2D eigenvalue weighted by Crippen LogP contribution is -2.20. The molecule has 0 amide bonds. The van der Waals surface area contributed by atoms with E-state index in [2.05, 4.69) is 4.98 Å². The molecule has 1 N–H and O–H groups in total. The molecule has 0 spiro atoms. The molecule has 3 rings (SSSR count). The number of hydrogen-bond donors (Lipinski definition) is 1. The number of carbonyl (C=O) groups is 1. The Balaban J connectivity index is 2.01. The third-order valence-corrected chi connectivity index (χ3v) is 5.09. The van der Waals surface area contributed by atoms with Crippen molar-refractivity contribution in [2.75, 3.05) is 13.7 Å². The molecule has 144 valence electrons. The minimum Gasteiger partial charge on any atom is -0.492 e. The Labute approximate surface area is 170 Å². The van der Waals surface area contributed by atoms with E-state index in [0.29, 0.717) is 37.9 Å². The highest BCUT2D eigenvalue weighted by molar-refractivity contribution is 7.07. The lowest BCUT2D eigenvalue weighted by molar-refractivity contribution is 0.106. The molecular formula is C21H18ClNO4S. The van der Waals surface area contributed by atoms with Crippen molar-refractivity contribution in [3.63, 3.8) is 0 Å². The van der Waals surface area contributed by atoms with E-state index in [4.69, 9.17) is 21.1 Å². The van der Waals surface area contributed by atoms with Crippen LogP contribution in [0, 0.1) is 0 Å². The molecule has 3 aromatic rings. The van der Waals surface area contributed by atoms with Gasteiger partial charge in [-0.15, -0.1) is 11.3 Å². The number of hydrogen-bond acceptors (Lipinski definition) is 5. The fourth-order valence-electron chi connectivity index (χ4n) is 2.62. The number of thiazole rings is 1. The van der Waals surface area contributed by atoms with Crippen LogP contribution in [0.2, 0.25) is 5.02 Å². The molecule has 0 fully saturated rings. The van der Waals surface area contributed by atoms with E-state index in [1.807, 2.05) is 25.1 Å². The second-order valence-electron chi connectivity index (χ2n) is 5.76. The number of benzene rings is 2. The number of halogens is 1. The van der Waals surface area contributed by atoms with E-state index in [9.17, 15) is 9.59 Å². The maximum Gasteiger partial charge on any atom is 0.266 e. The SMILES string of the molecule is CCOc1cccc(/C=c2\s/c(=C\C(=O)c3ccc(Cl)cc3)[nH]c2=O)c1OC. The van der Waals surface area contributed by atoms with Crippen LogP contribution in [-0.2, 0) is 0 Å². The van der Waals surface area contributed by atoms with Crippen LogP contribution in [-0.4, -0.2) is 24.5 Å². The molecule has 0 aliphatic rings. The quantitative estimate of drug-likeness (QED) is 0.628. The Morgan fingerprint density at radius 3 is 2.64 bits per heavy atom. The summed E-state index contributed by atoms with van der Waals surface area (Å²) < 4.78 is 11.9. The minimum absolute atomic E-state index is 0.211. The third kappa shape index (κ3) is 4.52. The van der Waals surface area contributed by atoms with Crippen LogP contribution in [0.25, 0.3) is 12.2 Å². The zero-order valence-corrected chi connectivity index (χ0v) is 16.9. The molecule has 0 radical (unpaired) electrons. The van der Waals surface area contributed by atoms with Gasteiger partial charge in [0.05, 0.1) is 22.9 Å². The van der Waals surface area contributed by atoms with E-state index >= 15 is 0 Å². The minimum atomic E-state index is -0.274. The normalized spacial score (nSPS) is 12.2. The number of aromatic amines is 1. The van der Waals surface area contributed by atoms with Crippen LogP contribution in [0.1, 0.15) is 22.8 Å². The van der Waals surface area contributed by atoms with Gasteiger partial charge in [-0.3, -0.25) is 9.59 Å². The highest BCUT2D eigenvalue weighted by Gasteiger charge is 2.09. The summed E-state index contributed by atoms with van der Waals surface area (Å²) in [6.07, 6.45) is 3.12. The number of carbonyl (C=O) groups excluding carboxylic acids is 1. The van der Waals surface area contributed by atoms with Gasteiger partial charge in [-0.1, -0.05) is 23.7 Å². The van der Waals surface area contributed by atoms with Gasteiger partial charge in [0.15, 0.2) is 17.3 Å². The lowest BCUT2D eigenvalue weighted by atomic mass is 10.1. The summed E-state index contributed by atoms with van der Waals surface area (Å²) in [6.45, 7) is 2.39. The summed E-state index contributed by atoms with van der Waals surface area (Å²) in [4.78, 5) is 27.4. The van der Waals surface area contributed by atoms with Crippen molar-refractivity contribution in [1.29, 1.82) is 0 Å². The van der Waals surface area contributed by atoms with Crippen LogP contribution in [0.5, 0.6) is 11.5 Å². The van der Waals surface area contributed by atoms with Crippen molar-refractivity contribution in [2.45, 2.75) is 6.92 Å². The van der Waals surface area contributed by atoms with Gasteiger partial charge in [0, 0.05) is 22.2 Å². The average Bonchev–Trinajstić information content (AvgIpc) is 3.01. The second-order valence-corrected chi connectivity index (χ2v) is 7.28. The van der Waals surface area contributed by atoms with Crippen molar-refractivity contribution in [1.82, 2.24) is 4.98 Å². The molecule has 0 bridgehead atoms. The van der Waals surface area contributed by atoms with Gasteiger partial charge in [0.2, 0.25) is 0 Å². The first-order chi connectivity index (χ1) is 13.5. The summed E-state index contributed by atoms with van der Waals surface area (Å²) >= 11 is 7.04. The molecule has 0 unspecified atom stereocenters. The smallest absolute Gasteiger partial charge is 0.266 e. The van der Waals surface area contributed by atoms with Crippen molar-refractivity contribution >= 4 is 40.9 Å². The van der Waals surface area contributed by atoms with Crippen molar-refractivity contribution in [3.8, 4) is 11.5 Å². The van der Waals surface area contributed by atoms with Crippen molar-refractivity contribution in [3.05, 3.63) is 78.2 Å². The van der Waals surface area contributed by atoms with E-state index < -0.39 is 0 Å². The van der Waals surface area contributed by atoms with Gasteiger partial charge < -0.3 is 14.5 Å². The molecule has 7 heteroatoms. The Kier molecular flexibility index (Phi) is 6.34. The summed E-state index contributed by atoms with van der Waals surface area (Å²) in [5, 5.41) is 0.557. The number of ketones is 1. The first-order valence-electron chi connectivity index (χ1n) is 8.54. The molecule has 5 nitrogen and oxygen atoms in total. The van der Waals surface area contributed by atoms with Gasteiger partial charge in [-0.25, -0.2) is 0 Å². The van der Waals surface area contributed by atoms with E-state index in [0.717, 1.165) is 5.56 Å². The molecule has 0 aliphatic heterocycles. The lowest BCUT2D eigenvalue weighted by Gasteiger charge is -2.11. The molecule has 0 saturated heterocycles. The maximum absolute atomic E-state index is 12.4. The fourth-order valence-corrected chi connectivity index (χ4v) is 3.62. The van der Waals surface area contributed by atoms with Crippen LogP contribution in [0.4, 0.5) is 0 Å². The molecule has 0 saturated carbocycles. The fraction of sp³-hybridized carbons (Fsp3) is 0.143. The van der Waals surface area contributed by atoms with E-state index in [-0.39, 0.29) is 11.3 Å². The molecule has 1 heterocycles. The topological polar surface area (TPSA) is 68.4 Å². The van der Waals surface area contributed by atoms with Gasteiger partial charge in [0.1, 0.15) is 0 Å². The molecule has 2 aromatic carbocycles. The standard InChI is InChI=1S/C21H18ClNO4S/c1-3-27-17-6-4-5-14(20(17)26-2)11-18-21(25)23-19(28-18)12-16(24)13-7-9-15(22)10-8-13/h4-12H,3H2,1-2H3,(H,23,25)/b18-11-,19-12-. The first-order valence-corrected chi connectivity index (χ1v) is 9.73. The highest BCUT2D eigenvalue weighted by atomic mass is 35.5. The van der Waals surface area contributed by atoms with Crippen molar-refractivity contribution < 1.29 is 14.3 Å². The molecule has 1 aromatic heterocycles. The Bertz CT molecular complexity index is 1160. The highest BCUT2D eigenvalue weighted by Crippen LogP contribution is 2.31. The maximum atomic E-state index is 12.4. The Morgan fingerprint density at radius 1 is 1.21 bits per heavy atom. The molecule has 28 heavy (non-hydrogen) atoms. The number of methoxy groups -OCH3 is 1. The molecule has 0 atom stereocenters. The number of para-hydroxylation sites is 1. The van der Waals surface area contributed by atoms with Gasteiger partial charge in [0.25, 0.3) is 5.56 Å². The summed E-state index contributed by atoms with van der Waals surface area (Å²) in [5.74, 6) is 0.952. The predicted molar refractivity (Wildman–Crippen MR) is 112 cm³/mol. The Hall–Kier alpha value is -2.83. The summed E-state index contributed by atoms with van der Waals surface area (Å²) in [5.41, 5.74) is 0.940. The number of rotatable bonds is 6. The van der Waals surface area contributed by atoms with Crippen molar-refractivity contribution in [2.24, 2.45) is 0 Å².